The van der Waals surface area contributed by atoms with Gasteiger partial charge in [-0.05, 0) is 0 Å². The van der Waals surface area contributed by atoms with Crippen molar-refractivity contribution in [3.05, 3.63) is 6.92 Å². The van der Waals surface area contributed by atoms with E-state index in [9.17, 15) is 0 Å². The second-order valence-electron chi connectivity index (χ2n) is 2.25. The molecule has 0 aromatic heterocycles. The van der Waals surface area contributed by atoms with Gasteiger partial charge < -0.3 is 6.92 Å². The van der Waals surface area contributed by atoms with E-state index in [2.05, 4.69) is 20.8 Å². The Bertz CT molecular complexity index is 37.9. The van der Waals surface area contributed by atoms with Crippen molar-refractivity contribution >= 4 is 9.69 Å². The molecule has 0 fully saturated rings. The van der Waals surface area contributed by atoms with Crippen LogP contribution in [0.25, 0.3) is 0 Å². The van der Waals surface area contributed by atoms with E-state index in [0.717, 1.165) is 17.3 Å². The molecule has 0 rings (SSSR count). The first-order valence-corrected chi connectivity index (χ1v) is 7.27. The molecule has 1 unspecified atom stereocenters. The van der Waals surface area contributed by atoms with Crippen molar-refractivity contribution in [1.29, 1.82) is 0 Å². The summed E-state index contributed by atoms with van der Waals surface area (Å²) in [5, 5.41) is 0. The fourth-order valence-corrected chi connectivity index (χ4v) is 0.553. The number of hydrogen-bond donors (Lipinski definition) is 0. The third-order valence-electron chi connectivity index (χ3n) is 1.05. The molecule has 0 radical (unpaired) electrons. The van der Waals surface area contributed by atoms with Crippen LogP contribution in [0.15, 0.2) is 0 Å². The summed E-state index contributed by atoms with van der Waals surface area (Å²) in [6, 6.07) is 0. The molecule has 0 bridgehead atoms. The van der Waals surface area contributed by atoms with Gasteiger partial charge in [0.1, 0.15) is 0 Å². The third-order valence-corrected chi connectivity index (χ3v) is 1.05. The predicted molar refractivity (Wildman–Crippen MR) is 39.9 cm³/mol. The molecule has 0 nitrogen and oxygen atoms in total. The van der Waals surface area contributed by atoms with Gasteiger partial charge >= 0.3 is 27.0 Å². The van der Waals surface area contributed by atoms with Crippen molar-refractivity contribution < 1.29 is 17.3 Å². The number of unbranched alkanes of at least 4 members (excludes halogenated alkanes) is 1. The Hall–Kier alpha value is 0.913. The molecule has 9 heavy (non-hydrogen) atoms. The molecule has 0 amide bonds. The fraction of sp³-hybridized carbons (Fsp3) is 0.857. The molecule has 0 aliphatic rings. The predicted octanol–water partition coefficient (Wildman–Crippen LogP) is 3.33. The molecule has 0 aliphatic heterocycles. The Kier molecular flexibility index (Phi) is 16.3. The topological polar surface area (TPSA) is 0 Å². The molecule has 0 heterocycles. The monoisotopic (exact) mass is 198 g/mol. The van der Waals surface area contributed by atoms with Gasteiger partial charge in [-0.2, -0.15) is 5.92 Å². The van der Waals surface area contributed by atoms with Crippen LogP contribution < -0.4 is 0 Å². The summed E-state index contributed by atoms with van der Waals surface area (Å²) >= 11 is 0.847. The molecule has 0 spiro atoms. The van der Waals surface area contributed by atoms with E-state index in [-0.39, 0.29) is 0 Å². The molecular formula is C7H15ClZn. The van der Waals surface area contributed by atoms with E-state index in [1.165, 1.54) is 19.3 Å². The molecule has 2 heteroatoms. The van der Waals surface area contributed by atoms with Crippen molar-refractivity contribution in [2.45, 2.75) is 33.1 Å². The second kappa shape index (κ2) is 11.7. The summed E-state index contributed by atoms with van der Waals surface area (Å²) in [5.41, 5.74) is 0. The summed E-state index contributed by atoms with van der Waals surface area (Å²) in [6.45, 7) is 8.25. The van der Waals surface area contributed by atoms with Crippen LogP contribution in [0.3, 0.4) is 0 Å². The second-order valence-corrected chi connectivity index (χ2v) is 2.25. The van der Waals surface area contributed by atoms with Crippen molar-refractivity contribution in [2.75, 3.05) is 0 Å². The number of halogens is 1. The van der Waals surface area contributed by atoms with Gasteiger partial charge in [-0.1, -0.05) is 33.1 Å². The van der Waals surface area contributed by atoms with Gasteiger partial charge in [0.15, 0.2) is 0 Å². The Morgan fingerprint density at radius 2 is 2.00 bits per heavy atom. The van der Waals surface area contributed by atoms with Gasteiger partial charge in [-0.3, -0.25) is 0 Å². The molecule has 0 aromatic rings. The molecule has 0 aromatic carbocycles. The van der Waals surface area contributed by atoms with Crippen LogP contribution in [0.1, 0.15) is 33.1 Å². The van der Waals surface area contributed by atoms with Crippen LogP contribution in [0.5, 0.6) is 0 Å². The first-order chi connectivity index (χ1) is 4.27. The first-order valence-electron chi connectivity index (χ1n) is 3.37. The Labute approximate surface area is 73.1 Å². The van der Waals surface area contributed by atoms with Gasteiger partial charge in [0, 0.05) is 0 Å². The van der Waals surface area contributed by atoms with Crippen LogP contribution in [0.4, 0.5) is 0 Å². The van der Waals surface area contributed by atoms with Gasteiger partial charge in [0.2, 0.25) is 0 Å². The number of rotatable bonds is 3. The van der Waals surface area contributed by atoms with Crippen LogP contribution in [-0.4, -0.2) is 0 Å². The fourth-order valence-electron chi connectivity index (χ4n) is 0.553. The number of hydrogen-bond acceptors (Lipinski definition) is 0. The zero-order chi connectivity index (χ0) is 7.70. The molecule has 52 valence electrons. The van der Waals surface area contributed by atoms with E-state index >= 15 is 0 Å². The minimum absolute atomic E-state index is 0.653. The maximum atomic E-state index is 4.76. The molecule has 1 atom stereocenters. The van der Waals surface area contributed by atoms with Gasteiger partial charge in [0.05, 0.1) is 0 Å². The van der Waals surface area contributed by atoms with Crippen molar-refractivity contribution in [1.82, 2.24) is 0 Å². The Balaban J connectivity index is 0. The van der Waals surface area contributed by atoms with Crippen molar-refractivity contribution in [3.63, 3.8) is 0 Å². The molecule has 0 saturated carbocycles. The van der Waals surface area contributed by atoms with Crippen molar-refractivity contribution in [3.8, 4) is 0 Å². The minimum atomic E-state index is 0.653. The average Bonchev–Trinajstić information content (AvgIpc) is 1.88. The van der Waals surface area contributed by atoms with Crippen molar-refractivity contribution in [2.24, 2.45) is 5.92 Å². The maximum absolute atomic E-state index is 4.76. The Morgan fingerprint density at radius 3 is 2.11 bits per heavy atom. The van der Waals surface area contributed by atoms with E-state index in [0.29, 0.717) is 5.92 Å². The van der Waals surface area contributed by atoms with Crippen LogP contribution in [-0.2, 0) is 17.3 Å². The first kappa shape index (κ1) is 12.6. The van der Waals surface area contributed by atoms with Gasteiger partial charge in [-0.25, -0.2) is 0 Å². The quantitative estimate of drug-likeness (QED) is 0.484. The average molecular weight is 200 g/mol. The summed E-state index contributed by atoms with van der Waals surface area (Å²) < 4.78 is 0. The van der Waals surface area contributed by atoms with Gasteiger partial charge in [0.25, 0.3) is 0 Å². The summed E-state index contributed by atoms with van der Waals surface area (Å²) in [4.78, 5) is 0. The summed E-state index contributed by atoms with van der Waals surface area (Å²) in [6.07, 6.45) is 3.93. The SMILES string of the molecule is [CH2-]C(C)CCCC.[Cl][Zn+]. The van der Waals surface area contributed by atoms with Gasteiger partial charge in [-0.15, -0.1) is 0 Å². The molecule has 0 aliphatic carbocycles. The normalized spacial score (nSPS) is 11.8. The summed E-state index contributed by atoms with van der Waals surface area (Å²) in [7, 11) is 4.76. The zero-order valence-electron chi connectivity index (χ0n) is 6.49. The molecule has 0 N–H and O–H groups in total. The van der Waals surface area contributed by atoms with E-state index in [1.807, 2.05) is 0 Å². The standard InChI is InChI=1S/C7H15.ClH.Zn/c1-4-5-6-7(2)3;;/h7H,2,4-6H2,1,3H3;1H;/q-1;;+2/p-1. The van der Waals surface area contributed by atoms with Crippen LogP contribution in [0, 0.1) is 12.8 Å². The van der Waals surface area contributed by atoms with E-state index in [4.69, 9.17) is 9.69 Å². The summed E-state index contributed by atoms with van der Waals surface area (Å²) in [5.74, 6) is 0.653. The molecular weight excluding hydrogens is 185 g/mol. The van der Waals surface area contributed by atoms with E-state index < -0.39 is 0 Å². The third kappa shape index (κ3) is 17.6. The van der Waals surface area contributed by atoms with Crippen LogP contribution in [0.2, 0.25) is 0 Å². The van der Waals surface area contributed by atoms with Crippen LogP contribution >= 0.6 is 9.69 Å². The van der Waals surface area contributed by atoms with E-state index in [1.54, 1.807) is 0 Å². The zero-order valence-corrected chi connectivity index (χ0v) is 10.2. The Morgan fingerprint density at radius 1 is 1.56 bits per heavy atom. The molecule has 0 saturated heterocycles.